The van der Waals surface area contributed by atoms with Crippen molar-refractivity contribution in [1.82, 2.24) is 0 Å². The number of hydrogen-bond donors (Lipinski definition) is 0. The SMILES string of the molecule is CC1C2C3=CC12C1CC31. The van der Waals surface area contributed by atoms with Crippen molar-refractivity contribution >= 4 is 0 Å². The van der Waals surface area contributed by atoms with Gasteiger partial charge in [-0.1, -0.05) is 18.6 Å². The molecule has 0 amide bonds. The fraction of sp³-hybridized carbons (Fsp3) is 0.778. The molecular formula is C9H10. The van der Waals surface area contributed by atoms with E-state index in [-0.39, 0.29) is 0 Å². The summed E-state index contributed by atoms with van der Waals surface area (Å²) < 4.78 is 0. The number of hydrogen-bond acceptors (Lipinski definition) is 0. The molecule has 46 valence electrons. The largest absolute Gasteiger partial charge is 0.0773 e. The quantitative estimate of drug-likeness (QED) is 0.426. The van der Waals surface area contributed by atoms with E-state index in [0.29, 0.717) is 0 Å². The fourth-order valence-corrected chi connectivity index (χ4v) is 3.82. The molecule has 0 spiro atoms. The van der Waals surface area contributed by atoms with Gasteiger partial charge in [0.05, 0.1) is 0 Å². The van der Waals surface area contributed by atoms with Crippen LogP contribution in [0, 0.1) is 29.1 Å². The lowest BCUT2D eigenvalue weighted by Gasteiger charge is -2.15. The van der Waals surface area contributed by atoms with E-state index in [1.54, 1.807) is 6.42 Å². The Labute approximate surface area is 54.9 Å². The summed E-state index contributed by atoms with van der Waals surface area (Å²) >= 11 is 0. The summed E-state index contributed by atoms with van der Waals surface area (Å²) in [5.74, 6) is 4.45. The summed E-state index contributed by atoms with van der Waals surface area (Å²) in [4.78, 5) is 0. The number of rotatable bonds is 0. The molecular weight excluding hydrogens is 108 g/mol. The average Bonchev–Trinajstić information content (AvgIpc) is 2.52. The normalized spacial score (nSPS) is 78.1. The van der Waals surface area contributed by atoms with Gasteiger partial charge in [-0.15, -0.1) is 0 Å². The van der Waals surface area contributed by atoms with Crippen LogP contribution in [0.5, 0.6) is 0 Å². The minimum absolute atomic E-state index is 0.833. The van der Waals surface area contributed by atoms with Crippen LogP contribution in [0.3, 0.4) is 0 Å². The van der Waals surface area contributed by atoms with Gasteiger partial charge in [-0.3, -0.25) is 0 Å². The summed E-state index contributed by atoms with van der Waals surface area (Å²) in [7, 11) is 0. The third kappa shape index (κ3) is 0.170. The second-order valence-electron chi connectivity index (χ2n) is 4.36. The highest BCUT2D eigenvalue weighted by Crippen LogP contribution is 2.89. The van der Waals surface area contributed by atoms with Crippen molar-refractivity contribution in [1.29, 1.82) is 0 Å². The fourth-order valence-electron chi connectivity index (χ4n) is 3.82. The van der Waals surface area contributed by atoms with Crippen molar-refractivity contribution in [3.8, 4) is 0 Å². The first kappa shape index (κ1) is 3.80. The van der Waals surface area contributed by atoms with Crippen LogP contribution in [-0.4, -0.2) is 0 Å². The van der Waals surface area contributed by atoms with Crippen LogP contribution < -0.4 is 0 Å². The highest BCUT2D eigenvalue weighted by atomic mass is 14.9. The van der Waals surface area contributed by atoms with Gasteiger partial charge >= 0.3 is 0 Å². The third-order valence-electron chi connectivity index (χ3n) is 4.35. The Morgan fingerprint density at radius 2 is 2.56 bits per heavy atom. The first-order chi connectivity index (χ1) is 4.36. The second kappa shape index (κ2) is 0.680. The smallest absolute Gasteiger partial charge is 0.00188 e. The van der Waals surface area contributed by atoms with Crippen molar-refractivity contribution < 1.29 is 0 Å². The summed E-state index contributed by atoms with van der Waals surface area (Å²) in [5.41, 5.74) is 2.70. The first-order valence-electron chi connectivity index (χ1n) is 4.08. The second-order valence-corrected chi connectivity index (χ2v) is 4.36. The predicted octanol–water partition coefficient (Wildman–Crippen LogP) is 1.83. The van der Waals surface area contributed by atoms with Crippen molar-refractivity contribution in [2.75, 3.05) is 0 Å². The zero-order valence-corrected chi connectivity index (χ0v) is 5.59. The van der Waals surface area contributed by atoms with Gasteiger partial charge in [-0.25, -0.2) is 0 Å². The standard InChI is InChI=1S/C9H10/c1-4-8-6-3-9(4,8)7-2-5(6)7/h3-5,7-8H,2H2,1H3. The summed E-state index contributed by atoms with van der Waals surface area (Å²) in [6.07, 6.45) is 4.16. The molecule has 0 saturated heterocycles. The zero-order chi connectivity index (χ0) is 5.80. The molecule has 4 aliphatic rings. The van der Waals surface area contributed by atoms with Gasteiger partial charge in [-0.2, -0.15) is 0 Å². The van der Waals surface area contributed by atoms with Crippen LogP contribution in [0.15, 0.2) is 11.6 Å². The van der Waals surface area contributed by atoms with Crippen LogP contribution in [0.25, 0.3) is 0 Å². The lowest BCUT2D eigenvalue weighted by atomic mass is 9.89. The molecule has 4 rings (SSSR count). The maximum absolute atomic E-state index is 2.60. The molecule has 0 aliphatic heterocycles. The molecule has 0 radical (unpaired) electrons. The molecule has 3 fully saturated rings. The van der Waals surface area contributed by atoms with Crippen LogP contribution in [0.1, 0.15) is 13.3 Å². The average molecular weight is 118 g/mol. The van der Waals surface area contributed by atoms with E-state index in [4.69, 9.17) is 0 Å². The molecule has 0 nitrogen and oxygen atoms in total. The van der Waals surface area contributed by atoms with Crippen LogP contribution in [-0.2, 0) is 0 Å². The minimum Gasteiger partial charge on any atom is -0.0773 e. The molecule has 0 heterocycles. The lowest BCUT2D eigenvalue weighted by Crippen LogP contribution is -2.06. The molecule has 0 aromatic heterocycles. The summed E-state index contributed by atoms with van der Waals surface area (Å²) in [6.45, 7) is 2.43. The van der Waals surface area contributed by atoms with Crippen LogP contribution >= 0.6 is 0 Å². The monoisotopic (exact) mass is 118 g/mol. The molecule has 5 atom stereocenters. The number of allylic oxidation sites excluding steroid dienone is 2. The highest BCUT2D eigenvalue weighted by Gasteiger charge is 2.83. The Balaban J connectivity index is 2.04. The molecule has 3 saturated carbocycles. The Morgan fingerprint density at radius 1 is 1.67 bits per heavy atom. The summed E-state index contributed by atoms with van der Waals surface area (Å²) in [5, 5.41) is 0. The van der Waals surface area contributed by atoms with E-state index in [9.17, 15) is 0 Å². The van der Waals surface area contributed by atoms with E-state index in [2.05, 4.69) is 13.0 Å². The summed E-state index contributed by atoms with van der Waals surface area (Å²) in [6, 6.07) is 0. The Bertz CT molecular complexity index is 251. The van der Waals surface area contributed by atoms with Crippen molar-refractivity contribution in [3.05, 3.63) is 11.6 Å². The molecule has 5 unspecified atom stereocenters. The molecule has 0 N–H and O–H groups in total. The van der Waals surface area contributed by atoms with E-state index >= 15 is 0 Å². The predicted molar refractivity (Wildman–Crippen MR) is 34.8 cm³/mol. The topological polar surface area (TPSA) is 0 Å². The van der Waals surface area contributed by atoms with Crippen LogP contribution in [0.4, 0.5) is 0 Å². The molecule has 2 bridgehead atoms. The molecule has 0 aromatic rings. The molecule has 0 aromatic carbocycles. The van der Waals surface area contributed by atoms with Gasteiger partial charge in [0.15, 0.2) is 0 Å². The van der Waals surface area contributed by atoms with Gasteiger partial charge in [0, 0.05) is 5.41 Å². The van der Waals surface area contributed by atoms with Gasteiger partial charge < -0.3 is 0 Å². The van der Waals surface area contributed by atoms with Gasteiger partial charge in [0.1, 0.15) is 0 Å². The maximum Gasteiger partial charge on any atom is 0.00188 e. The van der Waals surface area contributed by atoms with Gasteiger partial charge in [0.2, 0.25) is 0 Å². The molecule has 9 heavy (non-hydrogen) atoms. The molecule has 0 heteroatoms. The van der Waals surface area contributed by atoms with Crippen LogP contribution in [0.2, 0.25) is 0 Å². The maximum atomic E-state index is 2.60. The van der Waals surface area contributed by atoms with E-state index < -0.39 is 0 Å². The lowest BCUT2D eigenvalue weighted by molar-refractivity contribution is 0.502. The van der Waals surface area contributed by atoms with Crippen molar-refractivity contribution in [3.63, 3.8) is 0 Å². The minimum atomic E-state index is 0.833. The zero-order valence-electron chi connectivity index (χ0n) is 5.59. The van der Waals surface area contributed by atoms with E-state index in [1.807, 2.05) is 5.57 Å². The number of fused-ring (bicyclic) bond motifs is 2. The highest BCUT2D eigenvalue weighted by molar-refractivity contribution is 5.56. The molecule has 4 aliphatic carbocycles. The van der Waals surface area contributed by atoms with Gasteiger partial charge in [0.25, 0.3) is 0 Å². The first-order valence-corrected chi connectivity index (χ1v) is 4.08. The third-order valence-corrected chi connectivity index (χ3v) is 4.35. The van der Waals surface area contributed by atoms with E-state index in [1.165, 1.54) is 0 Å². The van der Waals surface area contributed by atoms with E-state index in [0.717, 1.165) is 29.1 Å². The Hall–Kier alpha value is -0.260. The Kier molecular flexibility index (Phi) is 0.287. The van der Waals surface area contributed by atoms with Crippen molar-refractivity contribution in [2.24, 2.45) is 29.1 Å². The Morgan fingerprint density at radius 3 is 3.00 bits per heavy atom. The van der Waals surface area contributed by atoms with Crippen molar-refractivity contribution in [2.45, 2.75) is 13.3 Å². The van der Waals surface area contributed by atoms with Gasteiger partial charge in [-0.05, 0) is 30.1 Å².